The van der Waals surface area contributed by atoms with Crippen LogP contribution >= 0.6 is 23.2 Å². The zero-order valence-electron chi connectivity index (χ0n) is 55.6. The van der Waals surface area contributed by atoms with E-state index in [0.29, 0.717) is 72.2 Å². The lowest BCUT2D eigenvalue weighted by atomic mass is 9.68. The Morgan fingerprint density at radius 3 is 0.899 bits per heavy atom. The van der Waals surface area contributed by atoms with Crippen molar-refractivity contribution >= 4 is 40.6 Å². The van der Waals surface area contributed by atoms with E-state index in [1.165, 1.54) is 44.5 Å². The fourth-order valence-corrected chi connectivity index (χ4v) is 13.2. The number of hydrogen-bond donors (Lipinski definition) is 0. The first-order valence-corrected chi connectivity index (χ1v) is 33.5. The lowest BCUT2D eigenvalue weighted by Crippen LogP contribution is -2.28. The first-order valence-electron chi connectivity index (χ1n) is 32.8. The van der Waals surface area contributed by atoms with E-state index in [1.807, 2.05) is 116 Å². The number of ketones is 3. The third-order valence-electron chi connectivity index (χ3n) is 18.8. The largest absolute Gasteiger partial charge is 0.497 e. The molecule has 0 aromatic heterocycles. The number of fused-ring (bicyclic) bond motifs is 3. The molecule has 0 bridgehead atoms. The Labute approximate surface area is 588 Å². The van der Waals surface area contributed by atoms with Gasteiger partial charge in [0, 0.05) is 54.3 Å². The topological polar surface area (TPSA) is 88.1 Å². The van der Waals surface area contributed by atoms with E-state index < -0.39 is 5.41 Å². The van der Waals surface area contributed by atoms with Crippen LogP contribution in [0.15, 0.2) is 315 Å². The molecule has 0 N–H and O–H groups in total. The second-order valence-corrected chi connectivity index (χ2v) is 26.6. The molecule has 99 heavy (non-hydrogen) atoms. The number of hydrogen-bond acceptors (Lipinski definition) is 7. The standard InChI is InChI=1S/C52H35ClO4.C38H35ClO3/c1-34-10-12-35(13-11-34)50(54)37-16-26-42(27-17-37)56-44-30-20-39(21-31-44)52(48-8-4-2-6-46(48)47-7-3-5-9-49(47)52)40-22-32-45(33-23-40)57-43-28-18-38(19-29-43)51(55)36-14-24-41(53)25-15-36;1-37(2,28-13-21-33(41-5)22-14-28)30-7-6-8-31(25-30)38(3,4)29-15-23-35(24-16-29)42-34-19-11-27(12-20-34)36(40)26-9-17-32(39)18-10-26/h2-33H,1H3;6-25H,1-5H3. The Morgan fingerprint density at radius 2 is 0.576 bits per heavy atom. The Morgan fingerprint density at radius 1 is 0.303 bits per heavy atom. The first kappa shape index (κ1) is 66.3. The molecule has 13 aromatic rings. The van der Waals surface area contributed by atoms with Crippen molar-refractivity contribution in [3.8, 4) is 51.4 Å². The molecule has 0 amide bonds. The van der Waals surface area contributed by atoms with E-state index in [4.69, 9.17) is 42.1 Å². The Balaban J connectivity index is 0.000000187. The lowest BCUT2D eigenvalue weighted by Gasteiger charge is -2.34. The highest BCUT2D eigenvalue weighted by molar-refractivity contribution is 6.31. The molecule has 0 spiro atoms. The maximum atomic E-state index is 13.0. The highest BCUT2D eigenvalue weighted by atomic mass is 35.5. The molecule has 1 aliphatic rings. The summed E-state index contributed by atoms with van der Waals surface area (Å²) in [6.45, 7) is 11.0. The van der Waals surface area contributed by atoms with Crippen molar-refractivity contribution in [2.45, 2.75) is 50.9 Å². The number of carbonyl (C=O) groups is 3. The van der Waals surface area contributed by atoms with Gasteiger partial charge in [-0.25, -0.2) is 0 Å². The summed E-state index contributed by atoms with van der Waals surface area (Å²) >= 11 is 12.0. The average molecular weight is 1330 g/mol. The molecule has 0 fully saturated rings. The number of carbonyl (C=O) groups excluding carboxylic acids is 3. The smallest absolute Gasteiger partial charge is 0.193 e. The maximum absolute atomic E-state index is 13.0. The first-order chi connectivity index (χ1) is 47.9. The van der Waals surface area contributed by atoms with Crippen molar-refractivity contribution in [1.82, 2.24) is 0 Å². The van der Waals surface area contributed by atoms with Crippen LogP contribution in [0.4, 0.5) is 0 Å². The van der Waals surface area contributed by atoms with Gasteiger partial charge in [0.15, 0.2) is 17.3 Å². The van der Waals surface area contributed by atoms with Gasteiger partial charge in [0.05, 0.1) is 12.5 Å². The number of benzene rings is 13. The third kappa shape index (κ3) is 14.0. The monoisotopic (exact) mass is 1330 g/mol. The Bertz CT molecular complexity index is 4830. The Kier molecular flexibility index (Phi) is 19.0. The van der Waals surface area contributed by atoms with E-state index in [-0.39, 0.29) is 28.2 Å². The van der Waals surface area contributed by atoms with Gasteiger partial charge in [-0.05, 0) is 232 Å². The molecule has 9 heteroatoms. The molecule has 13 aromatic carbocycles. The molecular weight excluding hydrogens is 1260 g/mol. The van der Waals surface area contributed by atoms with Crippen LogP contribution in [-0.2, 0) is 16.2 Å². The van der Waals surface area contributed by atoms with Crippen LogP contribution < -0.4 is 18.9 Å². The molecule has 0 atom stereocenters. The lowest BCUT2D eigenvalue weighted by molar-refractivity contribution is 0.103. The van der Waals surface area contributed by atoms with Crippen LogP contribution in [0.3, 0.4) is 0 Å². The summed E-state index contributed by atoms with van der Waals surface area (Å²) in [5.41, 5.74) is 15.7. The summed E-state index contributed by atoms with van der Waals surface area (Å²) < 4.78 is 24.0. The minimum absolute atomic E-state index is 0.0227. The molecular formula is C90H70Cl2O7. The fourth-order valence-electron chi connectivity index (χ4n) is 13.0. The van der Waals surface area contributed by atoms with Crippen molar-refractivity contribution < 1.29 is 33.3 Å². The van der Waals surface area contributed by atoms with Crippen LogP contribution in [0, 0.1) is 6.92 Å². The summed E-state index contributed by atoms with van der Waals surface area (Å²) in [6, 6.07) is 102. The third-order valence-corrected chi connectivity index (χ3v) is 19.3. The Hall–Kier alpha value is -11.4. The van der Waals surface area contributed by atoms with Crippen molar-refractivity contribution in [3.63, 3.8) is 0 Å². The van der Waals surface area contributed by atoms with Crippen LogP contribution in [0.5, 0.6) is 40.2 Å². The van der Waals surface area contributed by atoms with Gasteiger partial charge in [-0.3, -0.25) is 14.4 Å². The van der Waals surface area contributed by atoms with Crippen molar-refractivity contribution in [3.05, 3.63) is 409 Å². The summed E-state index contributed by atoms with van der Waals surface area (Å²) in [6.07, 6.45) is 0. The highest BCUT2D eigenvalue weighted by Gasteiger charge is 2.46. The number of ether oxygens (including phenoxy) is 4. The van der Waals surface area contributed by atoms with Gasteiger partial charge < -0.3 is 18.9 Å². The minimum atomic E-state index is -0.605. The number of aryl methyl sites for hydroxylation is 1. The molecule has 7 nitrogen and oxygen atoms in total. The van der Waals surface area contributed by atoms with Crippen molar-refractivity contribution in [2.75, 3.05) is 7.11 Å². The number of halogens is 2. The SMILES string of the molecule is COc1ccc(C(C)(C)c2cccc(C(C)(C)c3ccc(Oc4ccc(C(=O)c5ccc(Cl)cc5)cc4)cc3)c2)cc1.Cc1ccc(C(=O)c2ccc(Oc3ccc(C4(c5ccc(Oc6ccc(C(=O)c7ccc(Cl)cc7)cc6)cc5)c5ccccc5-c5ccccc54)cc3)cc2)cc1. The summed E-state index contributed by atoms with van der Waals surface area (Å²) in [7, 11) is 1.69. The van der Waals surface area contributed by atoms with Crippen LogP contribution in [-0.4, -0.2) is 24.5 Å². The van der Waals surface area contributed by atoms with E-state index in [1.54, 1.807) is 92.0 Å². The fraction of sp³-hybridized carbons (Fsp3) is 0.100. The maximum Gasteiger partial charge on any atom is 0.193 e. The predicted molar refractivity (Wildman–Crippen MR) is 398 cm³/mol. The van der Waals surface area contributed by atoms with Gasteiger partial charge in [0.1, 0.15) is 40.2 Å². The van der Waals surface area contributed by atoms with Gasteiger partial charge in [0.2, 0.25) is 0 Å². The molecule has 486 valence electrons. The summed E-state index contributed by atoms with van der Waals surface area (Å²) in [5, 5.41) is 1.19. The van der Waals surface area contributed by atoms with Gasteiger partial charge in [-0.2, -0.15) is 0 Å². The summed E-state index contributed by atoms with van der Waals surface area (Å²) in [5.74, 6) is 4.76. The van der Waals surface area contributed by atoms with Gasteiger partial charge in [-0.15, -0.1) is 0 Å². The summed E-state index contributed by atoms with van der Waals surface area (Å²) in [4.78, 5) is 38.8. The normalized spacial score (nSPS) is 12.0. The molecule has 1 aliphatic carbocycles. The quantitative estimate of drug-likeness (QED) is 0.0745. The second kappa shape index (κ2) is 28.4. The highest BCUT2D eigenvalue weighted by Crippen LogP contribution is 2.56. The number of rotatable bonds is 19. The van der Waals surface area contributed by atoms with Crippen molar-refractivity contribution in [1.29, 1.82) is 0 Å². The molecule has 14 rings (SSSR count). The van der Waals surface area contributed by atoms with E-state index in [9.17, 15) is 14.4 Å². The van der Waals surface area contributed by atoms with E-state index in [2.05, 4.69) is 149 Å². The molecule has 0 heterocycles. The van der Waals surface area contributed by atoms with Gasteiger partial charge in [-0.1, -0.05) is 202 Å². The zero-order valence-corrected chi connectivity index (χ0v) is 57.1. The second-order valence-electron chi connectivity index (χ2n) is 25.7. The molecule has 0 unspecified atom stereocenters. The zero-order chi connectivity index (χ0) is 68.8. The predicted octanol–water partition coefficient (Wildman–Crippen LogP) is 23.1. The van der Waals surface area contributed by atoms with Crippen LogP contribution in [0.1, 0.15) is 126 Å². The van der Waals surface area contributed by atoms with E-state index >= 15 is 0 Å². The van der Waals surface area contributed by atoms with Crippen molar-refractivity contribution in [2.24, 2.45) is 0 Å². The molecule has 0 aliphatic heterocycles. The van der Waals surface area contributed by atoms with Gasteiger partial charge >= 0.3 is 0 Å². The average Bonchev–Trinajstić information content (AvgIpc) is 1.45. The molecule has 0 saturated heterocycles. The van der Waals surface area contributed by atoms with E-state index in [0.717, 1.165) is 28.2 Å². The van der Waals surface area contributed by atoms with Gasteiger partial charge in [0.25, 0.3) is 0 Å². The minimum Gasteiger partial charge on any atom is -0.497 e. The molecule has 0 radical (unpaired) electrons. The van der Waals surface area contributed by atoms with Crippen LogP contribution in [0.2, 0.25) is 10.0 Å². The number of methoxy groups -OCH3 is 1. The molecule has 0 saturated carbocycles. The van der Waals surface area contributed by atoms with Crippen LogP contribution in [0.25, 0.3) is 11.1 Å².